The third-order valence-corrected chi connectivity index (χ3v) is 22.5. The molecule has 0 aliphatic carbocycles. The average Bonchev–Trinajstić information content (AvgIpc) is 1.62. The third kappa shape index (κ3) is 30.5. The number of hydrogen-bond donors (Lipinski definition) is 11. The minimum Gasteiger partial charge on any atom is -0.790 e. The topological polar surface area (TPSA) is 802 Å². The molecule has 0 bridgehead atoms. The van der Waals surface area contributed by atoms with Gasteiger partial charge in [0.25, 0.3) is 31.3 Å². The van der Waals surface area contributed by atoms with Gasteiger partial charge in [-0.2, -0.15) is 0 Å². The van der Waals surface area contributed by atoms with Gasteiger partial charge in [-0.1, -0.05) is 70.6 Å². The van der Waals surface area contributed by atoms with Gasteiger partial charge < -0.3 is 149 Å². The number of thioether (sulfide) groups is 2. The number of ether oxygens (including phenoxy) is 2. The number of imidazole rings is 2. The second-order valence-corrected chi connectivity index (χ2v) is 35.5. The number of amides is 4. The summed E-state index contributed by atoms with van der Waals surface area (Å²) in [5.41, 5.74) is 8.93. The number of phosphoric ester groups is 6. The van der Waals surface area contributed by atoms with Gasteiger partial charge in [0.2, 0.25) is 33.9 Å². The number of aromatic nitrogens is 8. The SMILES string of the molecule is CC(C)=CC(=O)SCCNC(=O)CCNC(=O)C(O)C(C)(C)COP(=O)([O-])OP(=O)([O-])OCC1OC(n2cnc3c(N)ncnc32)C(O)C1OP(=O)([O-])[O-].CC(C)[C@H](O)C(=O)SCCNC(=O)CCNC(=O)C(O)C(C)(C)COP(=O)([O-])OP(=O)([O-])OCC1OC(n2cnc3c(N)ncnc32)C(O)C1OP(=O)([O-])[O-].O. The van der Waals surface area contributed by atoms with Gasteiger partial charge in [0.1, 0.15) is 78.6 Å². The van der Waals surface area contributed by atoms with E-state index in [1.165, 1.54) is 33.8 Å². The van der Waals surface area contributed by atoms with Gasteiger partial charge in [-0.3, -0.25) is 56.2 Å². The summed E-state index contributed by atoms with van der Waals surface area (Å²) in [4.78, 5) is 191. The van der Waals surface area contributed by atoms with Crippen molar-refractivity contribution in [3.05, 3.63) is 37.0 Å². The van der Waals surface area contributed by atoms with E-state index in [4.69, 9.17) is 20.9 Å². The van der Waals surface area contributed by atoms with Crippen molar-refractivity contribution in [1.82, 2.24) is 60.3 Å². The molecule has 14 unspecified atom stereocenters. The van der Waals surface area contributed by atoms with Crippen molar-refractivity contribution in [1.29, 1.82) is 0 Å². The summed E-state index contributed by atoms with van der Waals surface area (Å²) in [6, 6.07) is 0. The molecule has 110 heavy (non-hydrogen) atoms. The fourth-order valence-electron chi connectivity index (χ4n) is 9.15. The Morgan fingerprint density at radius 2 is 0.945 bits per heavy atom. The number of fused-ring (bicyclic) bond motifs is 2. The number of carbonyl (C=O) groups excluding carboxylic acids is 6. The number of nitrogens with two attached hydrogens (primary N) is 2. The number of aliphatic hydroxyl groups is 5. The van der Waals surface area contributed by atoms with Crippen LogP contribution in [-0.2, 0) is 101 Å². The molecule has 0 radical (unpaired) electrons. The van der Waals surface area contributed by atoms with E-state index >= 15 is 0 Å². The highest BCUT2D eigenvalue weighted by Gasteiger charge is 2.49. The Hall–Kier alpha value is -5.22. The molecule has 0 aromatic carbocycles. The quantitative estimate of drug-likeness (QED) is 0.0112. The van der Waals surface area contributed by atoms with E-state index in [9.17, 15) is 121 Å². The van der Waals surface area contributed by atoms with Crippen molar-refractivity contribution >= 4 is 138 Å². The Morgan fingerprint density at radius 1 is 0.582 bits per heavy atom. The maximum absolute atomic E-state index is 12.5. The van der Waals surface area contributed by atoms with E-state index in [0.29, 0.717) is 5.75 Å². The molecule has 0 saturated carbocycles. The average molecular weight is 1730 g/mol. The minimum absolute atomic E-state index is 0. The van der Waals surface area contributed by atoms with Gasteiger partial charge in [0, 0.05) is 61.4 Å². The lowest BCUT2D eigenvalue weighted by Crippen LogP contribution is -2.46. The summed E-state index contributed by atoms with van der Waals surface area (Å²) >= 11 is 1.86. The predicted octanol–water partition coefficient (Wildman–Crippen LogP) is -7.57. The highest BCUT2D eigenvalue weighted by Crippen LogP contribution is 2.58. The van der Waals surface area contributed by atoms with E-state index in [0.717, 1.165) is 63.5 Å². The number of nitrogen functional groups attached to an aromatic ring is 2. The van der Waals surface area contributed by atoms with E-state index in [-0.39, 0.29) is 95.2 Å². The van der Waals surface area contributed by atoms with Gasteiger partial charge in [-0.25, -0.2) is 38.5 Å². The van der Waals surface area contributed by atoms with Gasteiger partial charge in [0.05, 0.1) is 54.7 Å². The molecule has 2 aliphatic rings. The molecule has 6 rings (SSSR count). The zero-order chi connectivity index (χ0) is 82.2. The standard InChI is InChI=1S/C26H44N7O18P3S.C26H42N7O17P3S.H2O/c1-13(2)17(35)25(39)55-8-7-28-15(34)5-6-29-23(38)20(37)26(3,4)10-48-54(45,46)51-53(43,44)47-9-14-19(50-52(40,41)42)18(36)24(49-14)33-12-32-16-21(27)30-11-31-22(16)33;1-14(2)9-17(35)54-8-7-28-16(34)5-6-29-24(38)21(37)26(3,4)11-47-53(44,45)50-52(42,43)46-10-15-20(49-51(39,40)41)19(36)25(48-15)33-13-32-18-22(27)30-12-31-23(18)33;/h11-14,17-20,24,35-37H,5-10H2,1-4H3,(H,28,34)(H,29,38)(H,43,44)(H,45,46)(H2,27,30,31)(H2,40,41,42);9,12-13,15,19-21,25,36-37H,5-8,10-11H2,1-4H3,(H,28,34)(H,29,38)(H,42,43)(H,44,45)(H2,27,30,31)(H2,39,40,41);1H2/p-8/t14?,17-,18?,19?,20?,24?;;/m0../s1. The Bertz CT molecular complexity index is 4170. The Balaban J connectivity index is 0.000000460. The number of phosphoric acid groups is 6. The van der Waals surface area contributed by atoms with Gasteiger partial charge in [0.15, 0.2) is 35.4 Å². The normalized spacial score (nSPS) is 22.0. The first kappa shape index (κ1) is 97.1. The van der Waals surface area contributed by atoms with Crippen molar-refractivity contribution in [2.75, 3.05) is 75.6 Å². The second kappa shape index (κ2) is 41.4. The molecule has 58 heteroatoms. The molecule has 50 nitrogen and oxygen atoms in total. The number of nitrogens with zero attached hydrogens (tertiary/aromatic N) is 8. The summed E-state index contributed by atoms with van der Waals surface area (Å²) in [5, 5.41) is 61.3. The highest BCUT2D eigenvalue weighted by atomic mass is 32.2. The van der Waals surface area contributed by atoms with Crippen LogP contribution >= 0.6 is 70.5 Å². The number of allylic oxidation sites excluding steroid dienone is 1. The molecule has 2 fully saturated rings. The van der Waals surface area contributed by atoms with Gasteiger partial charge in [-0.15, -0.1) is 0 Å². The lowest BCUT2D eigenvalue weighted by atomic mass is 9.87. The molecule has 4 amide bonds. The maximum Gasteiger partial charge on any atom is 0.274 e. The first-order chi connectivity index (χ1) is 50.2. The molecular weight excluding hydrogens is 1650 g/mol. The Morgan fingerprint density at radius 3 is 1.30 bits per heavy atom. The maximum atomic E-state index is 12.5. The van der Waals surface area contributed by atoms with Crippen molar-refractivity contribution in [2.24, 2.45) is 16.7 Å². The summed E-state index contributed by atoms with van der Waals surface area (Å²) < 4.78 is 121. The predicted molar refractivity (Wildman–Crippen MR) is 360 cm³/mol. The van der Waals surface area contributed by atoms with Crippen LogP contribution in [0.5, 0.6) is 0 Å². The van der Waals surface area contributed by atoms with E-state index in [2.05, 4.69) is 86.9 Å². The fourth-order valence-corrected chi connectivity index (χ4v) is 16.2. The largest absolute Gasteiger partial charge is 0.790 e. The molecule has 15 N–H and O–H groups in total. The van der Waals surface area contributed by atoms with E-state index in [1.807, 2.05) is 0 Å². The van der Waals surface area contributed by atoms with Crippen LogP contribution in [0.3, 0.4) is 0 Å². The Labute approximate surface area is 632 Å². The number of anilines is 2. The monoisotopic (exact) mass is 1730 g/mol. The summed E-state index contributed by atoms with van der Waals surface area (Å²) in [6.45, 7) is 6.88. The van der Waals surface area contributed by atoms with E-state index < -0.39 is 180 Å². The summed E-state index contributed by atoms with van der Waals surface area (Å²) in [6.07, 6.45) is -14.9. The molecule has 0 spiro atoms. The number of hydrogen-bond acceptors (Lipinski definition) is 45. The molecule has 4 aromatic heterocycles. The van der Waals surface area contributed by atoms with Crippen molar-refractivity contribution in [3.63, 3.8) is 0 Å². The second-order valence-electron chi connectivity index (χ2n) is 25.2. The minimum atomic E-state index is -5.92. The molecular formula is C52H80N14O36P6S2-8. The van der Waals surface area contributed by atoms with E-state index in [1.54, 1.807) is 27.7 Å². The van der Waals surface area contributed by atoms with Gasteiger partial charge >= 0.3 is 0 Å². The summed E-state index contributed by atoms with van der Waals surface area (Å²) in [5.74, 6) is -2.95. The molecule has 624 valence electrons. The van der Waals surface area contributed by atoms with Crippen LogP contribution in [0.2, 0.25) is 0 Å². The zero-order valence-electron chi connectivity index (χ0n) is 59.0. The van der Waals surface area contributed by atoms with Crippen LogP contribution in [0.1, 0.15) is 80.7 Å². The number of aliphatic hydroxyl groups excluding tert-OH is 5. The van der Waals surface area contributed by atoms with Gasteiger partial charge in [-0.05, 0) is 25.8 Å². The first-order valence-corrected chi connectivity index (χ1v) is 42.3. The smallest absolute Gasteiger partial charge is 0.274 e. The van der Waals surface area contributed by atoms with Crippen LogP contribution in [-0.4, -0.2) is 223 Å². The van der Waals surface area contributed by atoms with Crippen molar-refractivity contribution in [3.8, 4) is 0 Å². The van der Waals surface area contributed by atoms with Crippen LogP contribution in [0.25, 0.3) is 22.3 Å². The van der Waals surface area contributed by atoms with Crippen LogP contribution < -0.4 is 71.9 Å². The number of nitrogens with one attached hydrogen (secondary N) is 4. The molecule has 6 heterocycles. The fraction of sp³-hybridized carbons (Fsp3) is 0.654. The lowest BCUT2D eigenvalue weighted by Gasteiger charge is -2.36. The molecule has 2 saturated heterocycles. The lowest BCUT2D eigenvalue weighted by molar-refractivity contribution is -0.348. The summed E-state index contributed by atoms with van der Waals surface area (Å²) in [7, 11) is -35.2. The first-order valence-electron chi connectivity index (χ1n) is 31.6. The zero-order valence-corrected chi connectivity index (χ0v) is 66.0. The highest BCUT2D eigenvalue weighted by molar-refractivity contribution is 8.14. The van der Waals surface area contributed by atoms with Crippen LogP contribution in [0.4, 0.5) is 11.6 Å². The molecule has 2 aliphatic heterocycles. The van der Waals surface area contributed by atoms with Crippen LogP contribution in [0.15, 0.2) is 37.0 Å². The van der Waals surface area contributed by atoms with Crippen molar-refractivity contribution in [2.45, 2.75) is 136 Å². The molecule has 15 atom stereocenters. The third-order valence-electron chi connectivity index (χ3n) is 14.7. The number of carbonyl (C=O) groups is 6. The number of rotatable bonds is 41. The Kier molecular flexibility index (Phi) is 36.5. The van der Waals surface area contributed by atoms with Crippen LogP contribution in [0, 0.1) is 16.7 Å². The van der Waals surface area contributed by atoms with Crippen molar-refractivity contribution < 1.29 is 172 Å². The molecule has 4 aromatic rings.